The molecule has 0 saturated heterocycles. The van der Waals surface area contributed by atoms with Gasteiger partial charge in [0.05, 0.1) is 6.04 Å². The number of halogens is 2. The summed E-state index contributed by atoms with van der Waals surface area (Å²) in [5.41, 5.74) is 1.58. The summed E-state index contributed by atoms with van der Waals surface area (Å²) in [4.78, 5) is 0. The Labute approximate surface area is 124 Å². The van der Waals surface area contributed by atoms with Crippen molar-refractivity contribution in [2.75, 3.05) is 5.32 Å². The van der Waals surface area contributed by atoms with Gasteiger partial charge in [0.1, 0.15) is 17.2 Å². The quantitative estimate of drug-likeness (QED) is 0.683. The van der Waals surface area contributed by atoms with E-state index in [4.69, 9.17) is 4.42 Å². The van der Waals surface area contributed by atoms with E-state index in [1.807, 2.05) is 37.3 Å². The predicted octanol–water partition coefficient (Wildman–Crippen LogP) is 5.51. The van der Waals surface area contributed by atoms with E-state index in [0.717, 1.165) is 26.9 Å². The van der Waals surface area contributed by atoms with Crippen molar-refractivity contribution in [3.8, 4) is 0 Å². The Hall–Kier alpha value is -1.81. The summed E-state index contributed by atoms with van der Waals surface area (Å²) in [7, 11) is 0. The van der Waals surface area contributed by atoms with Gasteiger partial charge in [-0.25, -0.2) is 4.39 Å². The van der Waals surface area contributed by atoms with Crippen LogP contribution in [-0.2, 0) is 0 Å². The van der Waals surface area contributed by atoms with Crippen LogP contribution in [0.3, 0.4) is 0 Å². The third kappa shape index (κ3) is 2.70. The minimum absolute atomic E-state index is 0.0389. The molecule has 2 aromatic carbocycles. The van der Waals surface area contributed by atoms with E-state index in [2.05, 4.69) is 21.2 Å². The molecule has 4 heteroatoms. The van der Waals surface area contributed by atoms with E-state index in [1.165, 1.54) is 12.1 Å². The summed E-state index contributed by atoms with van der Waals surface area (Å²) >= 11 is 3.44. The second-order valence-electron chi connectivity index (χ2n) is 4.71. The third-order valence-corrected chi connectivity index (χ3v) is 3.63. The van der Waals surface area contributed by atoms with Gasteiger partial charge in [0.2, 0.25) is 0 Å². The Morgan fingerprint density at radius 1 is 1.15 bits per heavy atom. The summed E-state index contributed by atoms with van der Waals surface area (Å²) in [5.74, 6) is 0.568. The molecule has 2 nitrogen and oxygen atoms in total. The lowest BCUT2D eigenvalue weighted by Gasteiger charge is -2.12. The molecule has 0 aliphatic heterocycles. The fourth-order valence-corrected chi connectivity index (χ4v) is 2.53. The van der Waals surface area contributed by atoms with Crippen LogP contribution in [0.1, 0.15) is 18.7 Å². The molecule has 1 aromatic heterocycles. The monoisotopic (exact) mass is 333 g/mol. The largest absolute Gasteiger partial charge is 0.459 e. The van der Waals surface area contributed by atoms with Crippen molar-refractivity contribution in [3.63, 3.8) is 0 Å². The zero-order valence-electron chi connectivity index (χ0n) is 10.9. The van der Waals surface area contributed by atoms with Crippen molar-refractivity contribution in [3.05, 3.63) is 64.6 Å². The molecule has 3 rings (SSSR count). The minimum atomic E-state index is -0.254. The maximum absolute atomic E-state index is 13.2. The van der Waals surface area contributed by atoms with E-state index in [0.29, 0.717) is 0 Å². The Balaban J connectivity index is 1.86. The molecule has 0 aliphatic carbocycles. The van der Waals surface area contributed by atoms with Crippen molar-refractivity contribution in [1.29, 1.82) is 0 Å². The van der Waals surface area contributed by atoms with Gasteiger partial charge in [0, 0.05) is 15.5 Å². The predicted molar refractivity (Wildman–Crippen MR) is 82.4 cm³/mol. The highest BCUT2D eigenvalue weighted by molar-refractivity contribution is 9.10. The molecule has 0 amide bonds. The third-order valence-electron chi connectivity index (χ3n) is 3.13. The number of benzene rings is 2. The van der Waals surface area contributed by atoms with E-state index < -0.39 is 0 Å². The molecule has 102 valence electrons. The summed E-state index contributed by atoms with van der Waals surface area (Å²) < 4.78 is 20.0. The van der Waals surface area contributed by atoms with E-state index in [1.54, 1.807) is 6.07 Å². The Morgan fingerprint density at radius 2 is 2.00 bits per heavy atom. The van der Waals surface area contributed by atoms with Crippen LogP contribution in [0.25, 0.3) is 11.0 Å². The molecule has 1 heterocycles. The first kappa shape index (κ1) is 13.2. The van der Waals surface area contributed by atoms with Crippen LogP contribution in [-0.4, -0.2) is 0 Å². The molecule has 20 heavy (non-hydrogen) atoms. The topological polar surface area (TPSA) is 25.2 Å². The van der Waals surface area contributed by atoms with Crippen LogP contribution in [0.15, 0.2) is 57.4 Å². The lowest BCUT2D eigenvalue weighted by molar-refractivity contribution is 0.526. The summed E-state index contributed by atoms with van der Waals surface area (Å²) in [6.07, 6.45) is 0. The molecule has 0 fully saturated rings. The molecule has 0 saturated carbocycles. The van der Waals surface area contributed by atoms with Crippen LogP contribution < -0.4 is 5.32 Å². The molecule has 1 N–H and O–H groups in total. The molecule has 1 unspecified atom stereocenters. The fraction of sp³-hybridized carbons (Fsp3) is 0.125. The van der Waals surface area contributed by atoms with Crippen LogP contribution >= 0.6 is 15.9 Å². The Morgan fingerprint density at radius 3 is 2.80 bits per heavy atom. The highest BCUT2D eigenvalue weighted by Crippen LogP contribution is 2.28. The summed E-state index contributed by atoms with van der Waals surface area (Å²) in [6.45, 7) is 1.98. The maximum atomic E-state index is 13.2. The fourth-order valence-electron chi connectivity index (χ4n) is 2.15. The van der Waals surface area contributed by atoms with Crippen LogP contribution in [0.4, 0.5) is 10.1 Å². The number of hydrogen-bond donors (Lipinski definition) is 1. The lowest BCUT2D eigenvalue weighted by Crippen LogP contribution is -2.05. The standard InChI is InChI=1S/C16H13BrFNO/c1-10(19-14-4-2-3-13(18)9-14)16-8-11-7-12(17)5-6-15(11)20-16/h2-10,19H,1H3. The zero-order valence-corrected chi connectivity index (χ0v) is 12.4. The summed E-state index contributed by atoms with van der Waals surface area (Å²) in [5, 5.41) is 4.27. The van der Waals surface area contributed by atoms with E-state index in [-0.39, 0.29) is 11.9 Å². The van der Waals surface area contributed by atoms with Crippen LogP contribution in [0, 0.1) is 5.82 Å². The number of rotatable bonds is 3. The molecular weight excluding hydrogens is 321 g/mol. The van der Waals surface area contributed by atoms with Crippen molar-refractivity contribution in [2.45, 2.75) is 13.0 Å². The molecule has 1 atom stereocenters. The molecule has 0 spiro atoms. The average Bonchev–Trinajstić information content (AvgIpc) is 2.81. The SMILES string of the molecule is CC(Nc1cccc(F)c1)c1cc2cc(Br)ccc2o1. The zero-order chi connectivity index (χ0) is 14.1. The number of anilines is 1. The number of fused-ring (bicyclic) bond motifs is 1. The number of furan rings is 1. The van der Waals surface area contributed by atoms with Crippen molar-refractivity contribution >= 4 is 32.6 Å². The van der Waals surface area contributed by atoms with Gasteiger partial charge in [-0.2, -0.15) is 0 Å². The van der Waals surface area contributed by atoms with Gasteiger partial charge in [-0.1, -0.05) is 22.0 Å². The smallest absolute Gasteiger partial charge is 0.134 e. The van der Waals surface area contributed by atoms with Gasteiger partial charge in [0.15, 0.2) is 0 Å². The van der Waals surface area contributed by atoms with Crippen molar-refractivity contribution in [1.82, 2.24) is 0 Å². The normalized spacial score (nSPS) is 12.6. The van der Waals surface area contributed by atoms with Gasteiger partial charge in [0.25, 0.3) is 0 Å². The second kappa shape index (κ2) is 5.29. The maximum Gasteiger partial charge on any atom is 0.134 e. The number of hydrogen-bond acceptors (Lipinski definition) is 2. The number of nitrogens with one attached hydrogen (secondary N) is 1. The van der Waals surface area contributed by atoms with E-state index >= 15 is 0 Å². The molecule has 3 aromatic rings. The van der Waals surface area contributed by atoms with Crippen molar-refractivity contribution in [2.24, 2.45) is 0 Å². The first-order chi connectivity index (χ1) is 9.61. The van der Waals surface area contributed by atoms with Gasteiger partial charge < -0.3 is 9.73 Å². The molecular formula is C16H13BrFNO. The minimum Gasteiger partial charge on any atom is -0.459 e. The van der Waals surface area contributed by atoms with Gasteiger partial charge >= 0.3 is 0 Å². The van der Waals surface area contributed by atoms with Gasteiger partial charge in [-0.15, -0.1) is 0 Å². The second-order valence-corrected chi connectivity index (χ2v) is 5.62. The molecule has 0 radical (unpaired) electrons. The van der Waals surface area contributed by atoms with Crippen LogP contribution in [0.5, 0.6) is 0 Å². The lowest BCUT2D eigenvalue weighted by atomic mass is 10.2. The summed E-state index contributed by atoms with van der Waals surface area (Å²) in [6, 6.07) is 14.2. The molecule has 0 bridgehead atoms. The highest BCUT2D eigenvalue weighted by Gasteiger charge is 2.12. The van der Waals surface area contributed by atoms with Gasteiger partial charge in [-0.3, -0.25) is 0 Å². The van der Waals surface area contributed by atoms with Crippen LogP contribution in [0.2, 0.25) is 0 Å². The van der Waals surface area contributed by atoms with Gasteiger partial charge in [-0.05, 0) is 49.4 Å². The molecule has 0 aliphatic rings. The van der Waals surface area contributed by atoms with Crippen molar-refractivity contribution < 1.29 is 8.81 Å². The first-order valence-electron chi connectivity index (χ1n) is 6.33. The van der Waals surface area contributed by atoms with E-state index in [9.17, 15) is 4.39 Å². The first-order valence-corrected chi connectivity index (χ1v) is 7.12. The Bertz CT molecular complexity index is 753. The Kier molecular flexibility index (Phi) is 3.49. The average molecular weight is 334 g/mol. The highest BCUT2D eigenvalue weighted by atomic mass is 79.9.